The average molecular weight is 256 g/mol. The molecule has 19 heavy (non-hydrogen) atoms. The molecule has 2 aliphatic carbocycles. The number of nitrogens with two attached hydrogens (primary N) is 1. The Bertz CT molecular complexity index is 583. The lowest BCUT2D eigenvalue weighted by atomic mass is 9.98. The van der Waals surface area contributed by atoms with Crippen LogP contribution in [-0.4, -0.2) is 16.5 Å². The molecular formula is C15H20N4. The number of hydrogen-bond donors (Lipinski definition) is 3. The van der Waals surface area contributed by atoms with Crippen molar-refractivity contribution in [1.82, 2.24) is 9.97 Å². The molecule has 0 amide bonds. The van der Waals surface area contributed by atoms with E-state index in [-0.39, 0.29) is 0 Å². The minimum atomic E-state index is 0.775. The molecule has 100 valence electrons. The number of aromatic amines is 1. The number of nitrogen functional groups attached to an aromatic ring is 1. The SMILES string of the molecule is Nc1ccc2nc(NCC(C3CC3)C3CC3)[nH]c2c1. The van der Waals surface area contributed by atoms with Gasteiger partial charge in [0.15, 0.2) is 0 Å². The van der Waals surface area contributed by atoms with E-state index in [0.29, 0.717) is 0 Å². The second-order valence-electron chi connectivity index (χ2n) is 6.08. The van der Waals surface area contributed by atoms with Gasteiger partial charge in [-0.15, -0.1) is 0 Å². The van der Waals surface area contributed by atoms with Crippen LogP contribution in [0.2, 0.25) is 0 Å². The number of hydrogen-bond acceptors (Lipinski definition) is 3. The molecule has 1 heterocycles. The van der Waals surface area contributed by atoms with Gasteiger partial charge in [-0.2, -0.15) is 0 Å². The van der Waals surface area contributed by atoms with E-state index in [9.17, 15) is 0 Å². The van der Waals surface area contributed by atoms with Crippen molar-refractivity contribution in [3.8, 4) is 0 Å². The molecule has 1 aromatic heterocycles. The summed E-state index contributed by atoms with van der Waals surface area (Å²) in [5, 5.41) is 3.49. The number of rotatable bonds is 5. The molecule has 0 radical (unpaired) electrons. The molecule has 0 spiro atoms. The minimum Gasteiger partial charge on any atom is -0.399 e. The molecule has 4 nitrogen and oxygen atoms in total. The van der Waals surface area contributed by atoms with Gasteiger partial charge in [0.25, 0.3) is 0 Å². The molecule has 4 N–H and O–H groups in total. The second-order valence-corrected chi connectivity index (χ2v) is 6.08. The summed E-state index contributed by atoms with van der Waals surface area (Å²) in [6, 6.07) is 5.79. The third kappa shape index (κ3) is 2.27. The summed E-state index contributed by atoms with van der Waals surface area (Å²) in [6.45, 7) is 1.06. The maximum atomic E-state index is 5.78. The van der Waals surface area contributed by atoms with Crippen molar-refractivity contribution in [2.45, 2.75) is 25.7 Å². The van der Waals surface area contributed by atoms with Crippen LogP contribution in [-0.2, 0) is 0 Å². The van der Waals surface area contributed by atoms with Gasteiger partial charge in [-0.3, -0.25) is 0 Å². The van der Waals surface area contributed by atoms with E-state index in [4.69, 9.17) is 5.73 Å². The first kappa shape index (κ1) is 11.1. The van der Waals surface area contributed by atoms with Crippen LogP contribution in [0.4, 0.5) is 11.6 Å². The molecule has 4 heteroatoms. The lowest BCUT2D eigenvalue weighted by Crippen LogP contribution is -2.18. The van der Waals surface area contributed by atoms with Gasteiger partial charge >= 0.3 is 0 Å². The van der Waals surface area contributed by atoms with Gasteiger partial charge < -0.3 is 16.0 Å². The van der Waals surface area contributed by atoms with Crippen LogP contribution in [0.25, 0.3) is 11.0 Å². The van der Waals surface area contributed by atoms with Gasteiger partial charge in [-0.05, 0) is 61.6 Å². The molecule has 2 aliphatic rings. The van der Waals surface area contributed by atoms with Gasteiger partial charge in [-0.1, -0.05) is 0 Å². The van der Waals surface area contributed by atoms with E-state index in [0.717, 1.165) is 47.0 Å². The molecule has 0 atom stereocenters. The van der Waals surface area contributed by atoms with Gasteiger partial charge in [0.1, 0.15) is 0 Å². The van der Waals surface area contributed by atoms with E-state index in [1.165, 1.54) is 25.7 Å². The highest BCUT2D eigenvalue weighted by atomic mass is 15.1. The topological polar surface area (TPSA) is 66.7 Å². The number of aromatic nitrogens is 2. The highest BCUT2D eigenvalue weighted by molar-refractivity contribution is 5.80. The Morgan fingerprint density at radius 1 is 1.26 bits per heavy atom. The zero-order chi connectivity index (χ0) is 12.8. The number of nitrogens with one attached hydrogen (secondary N) is 2. The van der Waals surface area contributed by atoms with Crippen LogP contribution >= 0.6 is 0 Å². The first-order chi connectivity index (χ1) is 9.29. The average Bonchev–Trinajstić information content (AvgIpc) is 3.28. The molecule has 1 aromatic carbocycles. The van der Waals surface area contributed by atoms with Crippen LogP contribution in [0.5, 0.6) is 0 Å². The van der Waals surface area contributed by atoms with E-state index in [1.807, 2.05) is 18.2 Å². The smallest absolute Gasteiger partial charge is 0.201 e. The predicted octanol–water partition coefficient (Wildman–Crippen LogP) is 2.99. The normalized spacial score (nSPS) is 19.2. The lowest BCUT2D eigenvalue weighted by Gasteiger charge is -2.15. The molecule has 4 rings (SSSR count). The maximum Gasteiger partial charge on any atom is 0.201 e. The predicted molar refractivity (Wildman–Crippen MR) is 77.9 cm³/mol. The number of imidazole rings is 1. The third-order valence-electron chi connectivity index (χ3n) is 4.47. The van der Waals surface area contributed by atoms with E-state index in [1.54, 1.807) is 0 Å². The summed E-state index contributed by atoms with van der Waals surface area (Å²) >= 11 is 0. The van der Waals surface area contributed by atoms with Crippen molar-refractivity contribution in [2.24, 2.45) is 17.8 Å². The van der Waals surface area contributed by atoms with Crippen molar-refractivity contribution < 1.29 is 0 Å². The minimum absolute atomic E-state index is 0.775. The standard InChI is InChI=1S/C15H20N4/c16-11-5-6-13-14(7-11)19-15(18-13)17-8-12(9-1-2-9)10-3-4-10/h5-7,9-10,12H,1-4,8,16H2,(H2,17,18,19). The van der Waals surface area contributed by atoms with Crippen LogP contribution < -0.4 is 11.1 Å². The molecule has 0 bridgehead atoms. The summed E-state index contributed by atoms with van der Waals surface area (Å²) in [5.41, 5.74) is 8.55. The van der Waals surface area contributed by atoms with Crippen molar-refractivity contribution in [3.63, 3.8) is 0 Å². The summed E-state index contributed by atoms with van der Waals surface area (Å²) in [6.07, 6.45) is 5.72. The van der Waals surface area contributed by atoms with Crippen LogP contribution in [0.1, 0.15) is 25.7 Å². The molecule has 0 saturated heterocycles. The zero-order valence-electron chi connectivity index (χ0n) is 11.0. The summed E-state index contributed by atoms with van der Waals surface area (Å²) < 4.78 is 0. The van der Waals surface area contributed by atoms with Crippen molar-refractivity contribution >= 4 is 22.7 Å². The lowest BCUT2D eigenvalue weighted by molar-refractivity contribution is 0.427. The van der Waals surface area contributed by atoms with Crippen molar-refractivity contribution in [2.75, 3.05) is 17.6 Å². The Labute approximate surface area is 112 Å². The maximum absolute atomic E-state index is 5.78. The Morgan fingerprint density at radius 2 is 2.00 bits per heavy atom. The first-order valence-electron chi connectivity index (χ1n) is 7.29. The Morgan fingerprint density at radius 3 is 2.68 bits per heavy atom. The fourth-order valence-corrected chi connectivity index (χ4v) is 3.09. The van der Waals surface area contributed by atoms with Crippen molar-refractivity contribution in [3.05, 3.63) is 18.2 Å². The molecule has 0 aliphatic heterocycles. The van der Waals surface area contributed by atoms with Crippen LogP contribution in [0, 0.1) is 17.8 Å². The van der Waals surface area contributed by atoms with E-state index in [2.05, 4.69) is 15.3 Å². The van der Waals surface area contributed by atoms with Gasteiger partial charge in [-0.25, -0.2) is 4.98 Å². The Kier molecular flexibility index (Phi) is 2.43. The highest BCUT2D eigenvalue weighted by Crippen LogP contribution is 2.49. The first-order valence-corrected chi connectivity index (χ1v) is 7.29. The molecule has 2 aromatic rings. The Balaban J connectivity index is 1.48. The summed E-state index contributed by atoms with van der Waals surface area (Å²) in [5.74, 6) is 3.69. The number of fused-ring (bicyclic) bond motifs is 1. The molecule has 0 unspecified atom stereocenters. The fraction of sp³-hybridized carbons (Fsp3) is 0.533. The number of benzene rings is 1. The van der Waals surface area contributed by atoms with E-state index < -0.39 is 0 Å². The number of H-pyrrole nitrogens is 1. The fourth-order valence-electron chi connectivity index (χ4n) is 3.09. The Hall–Kier alpha value is -1.71. The van der Waals surface area contributed by atoms with Crippen LogP contribution in [0.15, 0.2) is 18.2 Å². The van der Waals surface area contributed by atoms with Gasteiger partial charge in [0.05, 0.1) is 11.0 Å². The van der Waals surface area contributed by atoms with Crippen molar-refractivity contribution in [1.29, 1.82) is 0 Å². The second kappa shape index (κ2) is 4.15. The van der Waals surface area contributed by atoms with Crippen LogP contribution in [0.3, 0.4) is 0 Å². The molecule has 2 fully saturated rings. The zero-order valence-corrected chi connectivity index (χ0v) is 11.0. The summed E-state index contributed by atoms with van der Waals surface area (Å²) in [7, 11) is 0. The largest absolute Gasteiger partial charge is 0.399 e. The van der Waals surface area contributed by atoms with Gasteiger partial charge in [0.2, 0.25) is 5.95 Å². The molecular weight excluding hydrogens is 236 g/mol. The molecule has 2 saturated carbocycles. The summed E-state index contributed by atoms with van der Waals surface area (Å²) in [4.78, 5) is 7.87. The quantitative estimate of drug-likeness (QED) is 0.720. The third-order valence-corrected chi connectivity index (χ3v) is 4.47. The number of anilines is 2. The monoisotopic (exact) mass is 256 g/mol. The van der Waals surface area contributed by atoms with Gasteiger partial charge in [0, 0.05) is 12.2 Å². The number of nitrogens with zero attached hydrogens (tertiary/aromatic N) is 1. The van der Waals surface area contributed by atoms with E-state index >= 15 is 0 Å². The highest BCUT2D eigenvalue weighted by Gasteiger charge is 2.41.